The number of sulfonamides is 1. The minimum atomic E-state index is -4.99. The molecular weight excluding hydrogens is 774 g/mol. The third kappa shape index (κ3) is 8.62. The van der Waals surface area contributed by atoms with Gasteiger partial charge in [0.1, 0.15) is 35.6 Å². The molecule has 7 rings (SSSR count). The van der Waals surface area contributed by atoms with Crippen LogP contribution < -0.4 is 24.8 Å². The number of ether oxygens (including phenoxy) is 3. The van der Waals surface area contributed by atoms with Crippen molar-refractivity contribution in [3.8, 4) is 11.6 Å². The van der Waals surface area contributed by atoms with E-state index in [-0.39, 0.29) is 36.4 Å². The van der Waals surface area contributed by atoms with E-state index < -0.39 is 92.5 Å². The standard InChI is InChI=1S/C38H47F3N6O9S/c1-36(16-17-36)57(52,53)46-34(50)37-20-22(37)10-6-4-3-5-7-13-27(44-35(51)56-23-11-8-9-12-23)33(49)47-21-25(19-29(47)31(48)45-37)55-32-30(38(39,40)41)42-26-15-14-24(54-2)18-28(26)43-32/h6,10,14-15,18,22-23,25,27,29H,3-5,7-9,11-13,16-17,19-21H2,1-2H3,(H,44,51)(H,45,48)(H,46,50)/b10-6-/t22-,25-,27+,29+,37-/m1/s1. The van der Waals surface area contributed by atoms with Crippen molar-refractivity contribution in [2.24, 2.45) is 5.92 Å². The Balaban J connectivity index is 1.21. The quantitative estimate of drug-likeness (QED) is 0.319. The van der Waals surface area contributed by atoms with E-state index >= 15 is 0 Å². The first-order chi connectivity index (χ1) is 27.0. The maximum absolute atomic E-state index is 14.5. The number of allylic oxidation sites excluding steroid dienone is 1. The first-order valence-corrected chi connectivity index (χ1v) is 20.9. The van der Waals surface area contributed by atoms with Crippen molar-refractivity contribution in [1.29, 1.82) is 0 Å². The molecule has 1 saturated heterocycles. The highest BCUT2D eigenvalue weighted by Crippen LogP contribution is 2.47. The Bertz CT molecular complexity index is 2060. The van der Waals surface area contributed by atoms with Gasteiger partial charge < -0.3 is 29.7 Å². The topological polar surface area (TPSA) is 195 Å². The molecule has 3 aliphatic carbocycles. The lowest BCUT2D eigenvalue weighted by molar-refractivity contribution is -0.143. The highest BCUT2D eigenvalue weighted by Gasteiger charge is 2.63. The number of carbonyl (C=O) groups excluding carboxylic acids is 4. The van der Waals surface area contributed by atoms with Gasteiger partial charge in [-0.1, -0.05) is 25.0 Å². The number of nitrogens with zero attached hydrogens (tertiary/aromatic N) is 3. The van der Waals surface area contributed by atoms with Crippen LogP contribution in [0.25, 0.3) is 11.0 Å². The molecule has 1 aromatic heterocycles. The van der Waals surface area contributed by atoms with Crippen LogP contribution in [-0.4, -0.2) is 95.3 Å². The van der Waals surface area contributed by atoms with E-state index in [0.29, 0.717) is 57.1 Å². The normalized spacial score (nSPS) is 28.5. The zero-order valence-corrected chi connectivity index (χ0v) is 32.5. The number of alkyl halides is 3. The van der Waals surface area contributed by atoms with Crippen LogP contribution in [0.5, 0.6) is 11.6 Å². The van der Waals surface area contributed by atoms with Crippen LogP contribution >= 0.6 is 0 Å². The van der Waals surface area contributed by atoms with E-state index in [1.54, 1.807) is 6.08 Å². The van der Waals surface area contributed by atoms with Crippen LogP contribution in [0, 0.1) is 5.92 Å². The van der Waals surface area contributed by atoms with Crippen LogP contribution in [-0.2, 0) is 35.3 Å². The second-order valence-corrected chi connectivity index (χ2v) is 18.1. The highest BCUT2D eigenvalue weighted by molar-refractivity contribution is 7.91. The molecule has 0 bridgehead atoms. The second kappa shape index (κ2) is 15.6. The Morgan fingerprint density at radius 1 is 1.00 bits per heavy atom. The van der Waals surface area contributed by atoms with Gasteiger partial charge in [0, 0.05) is 18.4 Å². The second-order valence-electron chi connectivity index (χ2n) is 15.9. The SMILES string of the molecule is COc1ccc2nc(C(F)(F)F)c(O[C@@H]3C[C@H]4C(=O)N[C@]5(C(=O)NS(=O)(=O)C6(C)CC6)C[C@H]5/C=C\CCCCC[C@H](NC(=O)OC5CCCC5)C(=O)N4C3)nc2c1. The summed E-state index contributed by atoms with van der Waals surface area (Å²) in [6.07, 6.45) is 2.65. The maximum atomic E-state index is 14.5. The summed E-state index contributed by atoms with van der Waals surface area (Å²) < 4.78 is 87.2. The number of nitrogens with one attached hydrogen (secondary N) is 3. The van der Waals surface area contributed by atoms with Gasteiger partial charge in [0.15, 0.2) is 0 Å². The molecule has 4 fully saturated rings. The summed E-state index contributed by atoms with van der Waals surface area (Å²) >= 11 is 0. The van der Waals surface area contributed by atoms with Gasteiger partial charge in [-0.25, -0.2) is 23.2 Å². The number of hydrogen-bond acceptors (Lipinski definition) is 11. The Morgan fingerprint density at radius 3 is 2.44 bits per heavy atom. The lowest BCUT2D eigenvalue weighted by Gasteiger charge is -2.30. The van der Waals surface area contributed by atoms with Crippen molar-refractivity contribution >= 4 is 44.9 Å². The van der Waals surface area contributed by atoms with E-state index in [4.69, 9.17) is 14.2 Å². The third-order valence-corrected chi connectivity index (χ3v) is 13.9. The van der Waals surface area contributed by atoms with Crippen LogP contribution in [0.15, 0.2) is 30.4 Å². The first kappa shape index (κ1) is 40.5. The molecule has 19 heteroatoms. The minimum Gasteiger partial charge on any atom is -0.497 e. The van der Waals surface area contributed by atoms with Crippen molar-refractivity contribution in [3.05, 3.63) is 36.0 Å². The fraction of sp³-hybridized carbons (Fsp3) is 0.632. The Labute approximate surface area is 327 Å². The third-order valence-electron chi connectivity index (χ3n) is 11.7. The number of rotatable bonds is 8. The first-order valence-electron chi connectivity index (χ1n) is 19.4. The average Bonchev–Trinajstić information content (AvgIpc) is 3.93. The lowest BCUT2D eigenvalue weighted by Crippen LogP contribution is -2.58. The number of aromatic nitrogens is 2. The zero-order chi connectivity index (χ0) is 40.8. The maximum Gasteiger partial charge on any atom is 0.438 e. The van der Waals surface area contributed by atoms with E-state index in [9.17, 15) is 40.8 Å². The number of fused-ring (bicyclic) bond motifs is 3. The molecule has 310 valence electrons. The fourth-order valence-electron chi connectivity index (χ4n) is 7.85. The largest absolute Gasteiger partial charge is 0.497 e. The van der Waals surface area contributed by atoms with Crippen molar-refractivity contribution in [1.82, 2.24) is 30.2 Å². The summed E-state index contributed by atoms with van der Waals surface area (Å²) in [5.41, 5.74) is -3.12. The molecule has 3 saturated carbocycles. The number of carbonyl (C=O) groups is 4. The molecule has 15 nitrogen and oxygen atoms in total. The van der Waals surface area contributed by atoms with Crippen LogP contribution in [0.1, 0.15) is 96.1 Å². The predicted octanol–water partition coefficient (Wildman–Crippen LogP) is 4.44. The summed E-state index contributed by atoms with van der Waals surface area (Å²) in [6.45, 7) is 1.13. The summed E-state index contributed by atoms with van der Waals surface area (Å²) in [5, 5.41) is 5.41. The molecule has 3 heterocycles. The number of benzene rings is 1. The molecule has 0 spiro atoms. The van der Waals surface area contributed by atoms with Gasteiger partial charge in [-0.15, -0.1) is 0 Å². The number of hydrogen-bond donors (Lipinski definition) is 3. The fourth-order valence-corrected chi connectivity index (χ4v) is 9.16. The predicted molar refractivity (Wildman–Crippen MR) is 197 cm³/mol. The van der Waals surface area contributed by atoms with E-state index in [1.807, 2.05) is 6.08 Å². The van der Waals surface area contributed by atoms with Gasteiger partial charge in [-0.3, -0.25) is 19.1 Å². The Kier molecular flexibility index (Phi) is 11.1. The van der Waals surface area contributed by atoms with Gasteiger partial charge in [0.2, 0.25) is 33.4 Å². The molecule has 1 aromatic carbocycles. The van der Waals surface area contributed by atoms with Gasteiger partial charge in [-0.05, 0) is 83.3 Å². The molecule has 5 aliphatic rings. The van der Waals surface area contributed by atoms with E-state index in [1.165, 1.54) is 32.2 Å². The van der Waals surface area contributed by atoms with Crippen LogP contribution in [0.2, 0.25) is 0 Å². The molecule has 3 N–H and O–H groups in total. The van der Waals surface area contributed by atoms with Gasteiger partial charge in [0.05, 0.1) is 29.4 Å². The lowest BCUT2D eigenvalue weighted by atomic mass is 10.0. The molecule has 5 atom stereocenters. The van der Waals surface area contributed by atoms with Gasteiger partial charge in [0.25, 0.3) is 5.91 Å². The molecular formula is C38H47F3N6O9S. The zero-order valence-electron chi connectivity index (χ0n) is 31.7. The monoisotopic (exact) mass is 820 g/mol. The molecule has 0 unspecified atom stereocenters. The van der Waals surface area contributed by atoms with E-state index in [0.717, 1.165) is 17.7 Å². The number of amides is 4. The molecule has 2 aliphatic heterocycles. The summed E-state index contributed by atoms with van der Waals surface area (Å²) in [6, 6.07) is 1.58. The molecule has 0 radical (unpaired) electrons. The van der Waals surface area contributed by atoms with Crippen molar-refractivity contribution in [2.45, 2.75) is 131 Å². The summed E-state index contributed by atoms with van der Waals surface area (Å²) in [7, 11) is -2.70. The smallest absolute Gasteiger partial charge is 0.438 e. The molecule has 2 aromatic rings. The minimum absolute atomic E-state index is 0.0415. The van der Waals surface area contributed by atoms with Crippen molar-refractivity contribution in [3.63, 3.8) is 0 Å². The summed E-state index contributed by atoms with van der Waals surface area (Å²) in [4.78, 5) is 64.8. The molecule has 57 heavy (non-hydrogen) atoms. The van der Waals surface area contributed by atoms with Crippen molar-refractivity contribution < 1.29 is 55.0 Å². The Morgan fingerprint density at radius 2 is 1.74 bits per heavy atom. The highest BCUT2D eigenvalue weighted by atomic mass is 32.2. The van der Waals surface area contributed by atoms with Gasteiger partial charge in [-0.2, -0.15) is 13.2 Å². The van der Waals surface area contributed by atoms with Crippen LogP contribution in [0.4, 0.5) is 18.0 Å². The van der Waals surface area contributed by atoms with E-state index in [2.05, 4.69) is 25.3 Å². The number of halogens is 3. The van der Waals surface area contributed by atoms with Gasteiger partial charge >= 0.3 is 12.3 Å². The number of methoxy groups -OCH3 is 1. The van der Waals surface area contributed by atoms with Crippen molar-refractivity contribution in [2.75, 3.05) is 13.7 Å². The van der Waals surface area contributed by atoms with Crippen LogP contribution in [0.3, 0.4) is 0 Å². The Hall–Kier alpha value is -4.68. The summed E-state index contributed by atoms with van der Waals surface area (Å²) in [5.74, 6) is -3.59. The number of alkyl carbamates (subject to hydrolysis) is 1. The average molecular weight is 821 g/mol. The molecule has 4 amide bonds.